The van der Waals surface area contributed by atoms with Crippen LogP contribution >= 0.6 is 0 Å². The topological polar surface area (TPSA) is 101 Å². The summed E-state index contributed by atoms with van der Waals surface area (Å²) in [4.78, 5) is 46.9. The molecule has 1 aromatic heterocycles. The molecule has 1 aliphatic heterocycles. The number of nitrogens with zero attached hydrogens (tertiary/aromatic N) is 3. The van der Waals surface area contributed by atoms with Crippen molar-refractivity contribution in [2.45, 2.75) is 45.3 Å². The third-order valence-electron chi connectivity index (χ3n) is 7.04. The number of pyridine rings is 1. The average Bonchev–Trinajstić information content (AvgIpc) is 3.74. The molecule has 1 saturated carbocycles. The van der Waals surface area contributed by atoms with Crippen LogP contribution in [0.15, 0.2) is 42.6 Å². The molecule has 2 aliphatic rings. The Hall–Kier alpha value is -3.46. The molecule has 9 nitrogen and oxygen atoms in total. The molecule has 37 heavy (non-hydrogen) atoms. The number of nitrogens with one attached hydrogen (secondary N) is 1. The van der Waals surface area contributed by atoms with Gasteiger partial charge < -0.3 is 24.6 Å². The number of amides is 3. The number of anilines is 1. The van der Waals surface area contributed by atoms with Gasteiger partial charge in [0.15, 0.2) is 0 Å². The largest absolute Gasteiger partial charge is 0.491 e. The molecule has 1 fully saturated rings. The van der Waals surface area contributed by atoms with Gasteiger partial charge in [-0.05, 0) is 50.1 Å². The van der Waals surface area contributed by atoms with Crippen molar-refractivity contribution in [3.05, 3.63) is 53.9 Å². The van der Waals surface area contributed by atoms with Gasteiger partial charge in [0.25, 0.3) is 5.91 Å². The third kappa shape index (κ3) is 6.65. The lowest BCUT2D eigenvalue weighted by molar-refractivity contribution is -0.134. The minimum absolute atomic E-state index is 0.0289. The van der Waals surface area contributed by atoms with Gasteiger partial charge >= 0.3 is 0 Å². The monoisotopic (exact) mass is 508 g/mol. The van der Waals surface area contributed by atoms with Crippen LogP contribution in [0.5, 0.6) is 5.75 Å². The molecule has 1 aliphatic carbocycles. The summed E-state index contributed by atoms with van der Waals surface area (Å²) in [6.45, 7) is 4.96. The quantitative estimate of drug-likeness (QED) is 0.666. The van der Waals surface area contributed by atoms with E-state index in [4.69, 9.17) is 9.47 Å². The zero-order valence-corrected chi connectivity index (χ0v) is 22.0. The van der Waals surface area contributed by atoms with Crippen LogP contribution in [0.3, 0.4) is 0 Å². The summed E-state index contributed by atoms with van der Waals surface area (Å²) in [5.74, 6) is 0.125. The van der Waals surface area contributed by atoms with Gasteiger partial charge in [0, 0.05) is 56.7 Å². The van der Waals surface area contributed by atoms with Crippen molar-refractivity contribution in [3.8, 4) is 5.75 Å². The van der Waals surface area contributed by atoms with Crippen molar-refractivity contribution in [2.24, 2.45) is 11.8 Å². The number of rotatable bonds is 5. The smallest absolute Gasteiger partial charge is 0.257 e. The number of hydrogen-bond donors (Lipinski definition) is 1. The summed E-state index contributed by atoms with van der Waals surface area (Å²) in [5, 5.41) is 2.91. The summed E-state index contributed by atoms with van der Waals surface area (Å²) in [7, 11) is 3.34. The highest BCUT2D eigenvalue weighted by Gasteiger charge is 2.32. The molecule has 0 saturated heterocycles. The van der Waals surface area contributed by atoms with Crippen LogP contribution in [0.4, 0.5) is 5.69 Å². The van der Waals surface area contributed by atoms with Gasteiger partial charge in [-0.25, -0.2) is 0 Å². The Morgan fingerprint density at radius 1 is 1.16 bits per heavy atom. The molecule has 0 spiro atoms. The van der Waals surface area contributed by atoms with E-state index in [0.29, 0.717) is 35.8 Å². The maximum absolute atomic E-state index is 13.5. The Kier molecular flexibility index (Phi) is 8.43. The summed E-state index contributed by atoms with van der Waals surface area (Å²) >= 11 is 0. The van der Waals surface area contributed by atoms with Gasteiger partial charge in [0.1, 0.15) is 12.4 Å². The minimum Gasteiger partial charge on any atom is -0.491 e. The molecule has 0 unspecified atom stereocenters. The van der Waals surface area contributed by atoms with Crippen LogP contribution in [0.25, 0.3) is 0 Å². The first kappa shape index (κ1) is 26.6. The minimum atomic E-state index is -0.284. The first-order valence-corrected chi connectivity index (χ1v) is 12.8. The SMILES string of the molecule is CO[C@@H]1CN(C)C(=O)c2cc(NC(=O)C3CC3)ccc2OC[C@H](C)N(C(=O)Cc2ccccn2)C[C@H]1C. The maximum Gasteiger partial charge on any atom is 0.257 e. The van der Waals surface area contributed by atoms with E-state index < -0.39 is 0 Å². The molecule has 4 rings (SSSR count). The summed E-state index contributed by atoms with van der Waals surface area (Å²) in [6, 6.07) is 10.4. The molecule has 1 aromatic carbocycles. The Bertz CT molecular complexity index is 1120. The number of ether oxygens (including phenoxy) is 2. The standard InChI is InChI=1S/C28H36N4O5/c1-18-15-32(26(33)14-21-7-5-6-12-29-21)19(2)17-37-24-11-10-22(30-27(34)20-8-9-20)13-23(24)28(35)31(3)16-25(18)36-4/h5-7,10-13,18-20,25H,8-9,14-17H2,1-4H3,(H,30,34)/t18-,19+,25-/m1/s1. The lowest BCUT2D eigenvalue weighted by Crippen LogP contribution is -2.49. The number of carbonyl (C=O) groups is 3. The van der Waals surface area contributed by atoms with Gasteiger partial charge in [-0.15, -0.1) is 0 Å². The Balaban J connectivity index is 1.61. The zero-order chi connectivity index (χ0) is 26.5. The number of carbonyl (C=O) groups excluding carboxylic acids is 3. The highest BCUT2D eigenvalue weighted by atomic mass is 16.5. The second kappa shape index (κ2) is 11.7. The normalized spacial score (nSPS) is 22.8. The van der Waals surface area contributed by atoms with E-state index in [1.54, 1.807) is 43.5 Å². The van der Waals surface area contributed by atoms with Gasteiger partial charge in [0.05, 0.1) is 24.1 Å². The molecule has 3 atom stereocenters. The van der Waals surface area contributed by atoms with Crippen LogP contribution in [-0.4, -0.2) is 78.5 Å². The third-order valence-corrected chi connectivity index (χ3v) is 7.04. The second-order valence-corrected chi connectivity index (χ2v) is 10.1. The van der Waals surface area contributed by atoms with Crippen LogP contribution in [-0.2, 0) is 20.7 Å². The lowest BCUT2D eigenvalue weighted by atomic mass is 10.0. The molecular weight excluding hydrogens is 472 g/mol. The molecule has 3 amide bonds. The van der Waals surface area contributed by atoms with E-state index in [0.717, 1.165) is 12.8 Å². The van der Waals surface area contributed by atoms with Crippen molar-refractivity contribution in [1.82, 2.24) is 14.8 Å². The van der Waals surface area contributed by atoms with E-state index in [2.05, 4.69) is 10.3 Å². The van der Waals surface area contributed by atoms with Gasteiger partial charge in [-0.1, -0.05) is 13.0 Å². The lowest BCUT2D eigenvalue weighted by Gasteiger charge is -2.36. The van der Waals surface area contributed by atoms with Crippen molar-refractivity contribution in [2.75, 3.05) is 39.2 Å². The molecule has 9 heteroatoms. The number of fused-ring (bicyclic) bond motifs is 1. The molecule has 198 valence electrons. The molecule has 2 aromatic rings. The van der Waals surface area contributed by atoms with Crippen molar-refractivity contribution in [1.29, 1.82) is 0 Å². The Morgan fingerprint density at radius 3 is 2.62 bits per heavy atom. The molecule has 2 heterocycles. The summed E-state index contributed by atoms with van der Waals surface area (Å²) < 4.78 is 11.9. The van der Waals surface area contributed by atoms with Crippen LogP contribution in [0.2, 0.25) is 0 Å². The van der Waals surface area contributed by atoms with Crippen molar-refractivity contribution < 1.29 is 23.9 Å². The fourth-order valence-corrected chi connectivity index (χ4v) is 4.55. The average molecular weight is 509 g/mol. The second-order valence-electron chi connectivity index (χ2n) is 10.1. The Labute approximate surface area is 218 Å². The fourth-order valence-electron chi connectivity index (χ4n) is 4.55. The first-order valence-electron chi connectivity index (χ1n) is 12.8. The molecular formula is C28H36N4O5. The molecule has 0 bridgehead atoms. The zero-order valence-electron chi connectivity index (χ0n) is 22.0. The van der Waals surface area contributed by atoms with E-state index in [9.17, 15) is 14.4 Å². The maximum atomic E-state index is 13.5. The molecule has 0 radical (unpaired) electrons. The van der Waals surface area contributed by atoms with E-state index in [1.807, 2.05) is 36.9 Å². The first-order chi connectivity index (χ1) is 17.8. The molecule has 1 N–H and O–H groups in total. The number of methoxy groups -OCH3 is 1. The van der Waals surface area contributed by atoms with Crippen molar-refractivity contribution >= 4 is 23.4 Å². The van der Waals surface area contributed by atoms with Crippen molar-refractivity contribution in [3.63, 3.8) is 0 Å². The van der Waals surface area contributed by atoms with Crippen LogP contribution in [0.1, 0.15) is 42.7 Å². The predicted molar refractivity (Wildman–Crippen MR) is 139 cm³/mol. The highest BCUT2D eigenvalue weighted by molar-refractivity contribution is 6.00. The fraction of sp³-hybridized carbons (Fsp3) is 0.500. The number of aromatic nitrogens is 1. The summed E-state index contributed by atoms with van der Waals surface area (Å²) in [5.41, 5.74) is 1.63. The number of benzene rings is 1. The van der Waals surface area contributed by atoms with E-state index in [-0.39, 0.29) is 54.7 Å². The van der Waals surface area contributed by atoms with Crippen LogP contribution in [0, 0.1) is 11.8 Å². The highest BCUT2D eigenvalue weighted by Crippen LogP contribution is 2.31. The number of hydrogen-bond acceptors (Lipinski definition) is 6. The Morgan fingerprint density at radius 2 is 1.95 bits per heavy atom. The van der Waals surface area contributed by atoms with Crippen LogP contribution < -0.4 is 10.1 Å². The van der Waals surface area contributed by atoms with E-state index >= 15 is 0 Å². The summed E-state index contributed by atoms with van der Waals surface area (Å²) in [6.07, 6.45) is 3.37. The van der Waals surface area contributed by atoms with Gasteiger partial charge in [-0.3, -0.25) is 19.4 Å². The van der Waals surface area contributed by atoms with E-state index in [1.165, 1.54) is 0 Å². The predicted octanol–water partition coefficient (Wildman–Crippen LogP) is 3.01. The van der Waals surface area contributed by atoms with Gasteiger partial charge in [0.2, 0.25) is 11.8 Å². The van der Waals surface area contributed by atoms with Gasteiger partial charge in [-0.2, -0.15) is 0 Å². The number of likely N-dealkylation sites (N-methyl/N-ethyl adjacent to an activating group) is 1.